The van der Waals surface area contributed by atoms with Gasteiger partial charge in [0.15, 0.2) is 0 Å². The molecule has 1 aromatic carbocycles. The van der Waals surface area contributed by atoms with Crippen LogP contribution in [0.25, 0.3) is 11.3 Å². The van der Waals surface area contributed by atoms with Gasteiger partial charge in [-0.1, -0.05) is 46.9 Å². The highest BCUT2D eigenvalue weighted by Gasteiger charge is 2.14. The number of aromatic nitrogens is 2. The maximum Gasteiger partial charge on any atom is 0.293 e. The van der Waals surface area contributed by atoms with Crippen LogP contribution in [-0.4, -0.2) is 30.2 Å². The van der Waals surface area contributed by atoms with Gasteiger partial charge in [0.05, 0.1) is 30.0 Å². The Morgan fingerprint density at radius 1 is 1.27 bits per heavy atom. The van der Waals surface area contributed by atoms with E-state index in [1.165, 1.54) is 13.3 Å². The summed E-state index contributed by atoms with van der Waals surface area (Å²) >= 11 is 17.9. The maximum atomic E-state index is 9.18. The molecule has 0 N–H and O–H groups in total. The average molecular weight is 364 g/mol. The van der Waals surface area contributed by atoms with Crippen molar-refractivity contribution in [1.29, 1.82) is 0 Å². The van der Waals surface area contributed by atoms with Gasteiger partial charge in [-0.25, -0.2) is 9.97 Å². The first-order valence-electron chi connectivity index (χ1n) is 6.11. The van der Waals surface area contributed by atoms with Crippen molar-refractivity contribution in [3.05, 3.63) is 39.6 Å². The number of benzene rings is 1. The molecule has 118 valence electrons. The SMILES string of the molecule is CCOC=O.COc1ncc(Cl)nc1-c1cccc(Cl)c1Cl. The lowest BCUT2D eigenvalue weighted by atomic mass is 10.1. The van der Waals surface area contributed by atoms with Gasteiger partial charge in [-0.15, -0.1) is 0 Å². The fourth-order valence-corrected chi connectivity index (χ4v) is 1.96. The van der Waals surface area contributed by atoms with Crippen molar-refractivity contribution in [3.63, 3.8) is 0 Å². The maximum absolute atomic E-state index is 9.18. The standard InChI is InChI=1S/C11H7Cl3N2O.C3H6O2/c1-17-11-10(16-8(13)5-15-11)6-3-2-4-7(12)9(6)14;1-2-5-3-4/h2-5H,1H3;3H,2H2,1H3. The zero-order valence-electron chi connectivity index (χ0n) is 11.8. The monoisotopic (exact) mass is 362 g/mol. The van der Waals surface area contributed by atoms with Crippen LogP contribution in [0.5, 0.6) is 5.88 Å². The van der Waals surface area contributed by atoms with Crippen LogP contribution < -0.4 is 4.74 Å². The molecule has 1 heterocycles. The van der Waals surface area contributed by atoms with E-state index in [1.54, 1.807) is 25.1 Å². The summed E-state index contributed by atoms with van der Waals surface area (Å²) in [7, 11) is 1.50. The molecule has 8 heteroatoms. The lowest BCUT2D eigenvalue weighted by molar-refractivity contribution is -0.128. The number of ether oxygens (including phenoxy) is 2. The first-order chi connectivity index (χ1) is 10.5. The lowest BCUT2D eigenvalue weighted by Crippen LogP contribution is -1.95. The highest BCUT2D eigenvalue weighted by molar-refractivity contribution is 6.43. The van der Waals surface area contributed by atoms with E-state index < -0.39 is 0 Å². The molecule has 5 nitrogen and oxygen atoms in total. The van der Waals surface area contributed by atoms with Gasteiger partial charge < -0.3 is 9.47 Å². The minimum absolute atomic E-state index is 0.261. The quantitative estimate of drug-likeness (QED) is 0.758. The van der Waals surface area contributed by atoms with Crippen molar-refractivity contribution in [2.45, 2.75) is 6.92 Å². The molecule has 0 radical (unpaired) electrons. The fraction of sp³-hybridized carbons (Fsp3) is 0.214. The molecule has 0 unspecified atom stereocenters. The highest BCUT2D eigenvalue weighted by atomic mass is 35.5. The molecule has 0 aliphatic rings. The molecular weight excluding hydrogens is 351 g/mol. The van der Waals surface area contributed by atoms with Gasteiger partial charge in [0.1, 0.15) is 10.8 Å². The van der Waals surface area contributed by atoms with Crippen LogP contribution in [0, 0.1) is 0 Å². The Morgan fingerprint density at radius 3 is 2.55 bits per heavy atom. The molecule has 0 saturated carbocycles. The van der Waals surface area contributed by atoms with Crippen LogP contribution in [0.4, 0.5) is 0 Å². The van der Waals surface area contributed by atoms with Crippen molar-refractivity contribution < 1.29 is 14.3 Å². The molecule has 2 aromatic rings. The second-order valence-corrected chi connectivity index (χ2v) is 4.88. The van der Waals surface area contributed by atoms with Crippen molar-refractivity contribution in [1.82, 2.24) is 9.97 Å². The zero-order chi connectivity index (χ0) is 16.5. The van der Waals surface area contributed by atoms with Crippen LogP contribution in [-0.2, 0) is 9.53 Å². The molecule has 0 aliphatic heterocycles. The second-order valence-electron chi connectivity index (χ2n) is 3.70. The van der Waals surface area contributed by atoms with Crippen LogP contribution in [0.3, 0.4) is 0 Å². The Labute approximate surface area is 143 Å². The number of methoxy groups -OCH3 is 1. The summed E-state index contributed by atoms with van der Waals surface area (Å²) < 4.78 is 9.27. The van der Waals surface area contributed by atoms with Crippen LogP contribution in [0.2, 0.25) is 15.2 Å². The summed E-state index contributed by atoms with van der Waals surface area (Å²) in [6, 6.07) is 5.24. The van der Waals surface area contributed by atoms with E-state index in [2.05, 4.69) is 14.7 Å². The average Bonchev–Trinajstić information content (AvgIpc) is 2.51. The summed E-state index contributed by atoms with van der Waals surface area (Å²) in [4.78, 5) is 17.4. The zero-order valence-corrected chi connectivity index (χ0v) is 14.1. The molecule has 22 heavy (non-hydrogen) atoms. The van der Waals surface area contributed by atoms with Crippen molar-refractivity contribution >= 4 is 41.3 Å². The van der Waals surface area contributed by atoms with E-state index in [1.807, 2.05) is 0 Å². The van der Waals surface area contributed by atoms with Crippen molar-refractivity contribution in [2.75, 3.05) is 13.7 Å². The van der Waals surface area contributed by atoms with Gasteiger partial charge in [0, 0.05) is 5.56 Å². The fourth-order valence-electron chi connectivity index (χ4n) is 1.44. The van der Waals surface area contributed by atoms with Gasteiger partial charge >= 0.3 is 0 Å². The summed E-state index contributed by atoms with van der Waals surface area (Å²) in [5.41, 5.74) is 1.10. The number of carbonyl (C=O) groups is 1. The van der Waals surface area contributed by atoms with E-state index >= 15 is 0 Å². The summed E-state index contributed by atoms with van der Waals surface area (Å²) in [5.74, 6) is 0.346. The summed E-state index contributed by atoms with van der Waals surface area (Å²) in [6.07, 6.45) is 1.41. The Hall–Kier alpha value is -1.56. The Balaban J connectivity index is 0.000000422. The Kier molecular flexibility index (Phi) is 7.95. The van der Waals surface area contributed by atoms with Gasteiger partial charge in [0.2, 0.25) is 5.88 Å². The first-order valence-corrected chi connectivity index (χ1v) is 7.24. The topological polar surface area (TPSA) is 61.3 Å². The predicted molar refractivity (Wildman–Crippen MR) is 86.7 cm³/mol. The lowest BCUT2D eigenvalue weighted by Gasteiger charge is -2.08. The van der Waals surface area contributed by atoms with Gasteiger partial charge in [0.25, 0.3) is 6.47 Å². The number of halogens is 3. The molecule has 0 amide bonds. The van der Waals surface area contributed by atoms with E-state index in [0.29, 0.717) is 40.3 Å². The van der Waals surface area contributed by atoms with E-state index in [4.69, 9.17) is 39.5 Å². The smallest absolute Gasteiger partial charge is 0.293 e. The molecule has 0 fully saturated rings. The van der Waals surface area contributed by atoms with Crippen LogP contribution >= 0.6 is 34.8 Å². The third-order valence-corrected chi connectivity index (χ3v) is 3.35. The number of nitrogens with zero attached hydrogens (tertiary/aromatic N) is 2. The third-order valence-electron chi connectivity index (χ3n) is 2.34. The molecule has 0 bridgehead atoms. The molecule has 0 atom stereocenters. The Morgan fingerprint density at radius 2 is 2.00 bits per heavy atom. The Bertz CT molecular complexity index is 639. The normalized spacial score (nSPS) is 9.50. The largest absolute Gasteiger partial charge is 0.479 e. The minimum Gasteiger partial charge on any atom is -0.479 e. The van der Waals surface area contributed by atoms with E-state index in [-0.39, 0.29) is 5.15 Å². The molecule has 2 rings (SSSR count). The second kappa shape index (κ2) is 9.46. The third kappa shape index (κ3) is 5.02. The van der Waals surface area contributed by atoms with Crippen molar-refractivity contribution in [3.8, 4) is 17.1 Å². The summed E-state index contributed by atoms with van der Waals surface area (Å²) in [6.45, 7) is 2.66. The van der Waals surface area contributed by atoms with Crippen molar-refractivity contribution in [2.24, 2.45) is 0 Å². The molecule has 0 spiro atoms. The van der Waals surface area contributed by atoms with Gasteiger partial charge in [-0.3, -0.25) is 4.79 Å². The molecule has 0 aliphatic carbocycles. The number of hydrogen-bond acceptors (Lipinski definition) is 5. The first kappa shape index (κ1) is 18.5. The number of rotatable bonds is 4. The number of carbonyl (C=O) groups excluding carboxylic acids is 1. The van der Waals surface area contributed by atoms with E-state index in [9.17, 15) is 4.79 Å². The van der Waals surface area contributed by atoms with E-state index in [0.717, 1.165) is 0 Å². The molecule has 1 aromatic heterocycles. The van der Waals surface area contributed by atoms with Crippen LogP contribution in [0.1, 0.15) is 6.92 Å². The number of hydrogen-bond donors (Lipinski definition) is 0. The van der Waals surface area contributed by atoms with Gasteiger partial charge in [-0.05, 0) is 13.0 Å². The predicted octanol–water partition coefficient (Wildman–Crippen LogP) is 4.29. The van der Waals surface area contributed by atoms with Crippen LogP contribution in [0.15, 0.2) is 24.4 Å². The molecule has 0 saturated heterocycles. The molecular formula is C14H13Cl3N2O3. The minimum atomic E-state index is 0.261. The summed E-state index contributed by atoms with van der Waals surface area (Å²) in [5, 5.41) is 1.09. The highest BCUT2D eigenvalue weighted by Crippen LogP contribution is 2.36. The van der Waals surface area contributed by atoms with Gasteiger partial charge in [-0.2, -0.15) is 0 Å².